The second-order valence-corrected chi connectivity index (χ2v) is 6.97. The van der Waals surface area contributed by atoms with Gasteiger partial charge in [0.05, 0.1) is 10.7 Å². The second kappa shape index (κ2) is 8.17. The van der Waals surface area contributed by atoms with Crippen LogP contribution in [0.4, 0.5) is 4.79 Å². The van der Waals surface area contributed by atoms with Gasteiger partial charge in [-0.15, -0.1) is 11.3 Å². The quantitative estimate of drug-likeness (QED) is 0.760. The van der Waals surface area contributed by atoms with Crippen molar-refractivity contribution in [3.05, 3.63) is 45.9 Å². The number of nitrogens with zero attached hydrogens (tertiary/aromatic N) is 2. The molecule has 1 aromatic carbocycles. The van der Waals surface area contributed by atoms with Gasteiger partial charge in [0, 0.05) is 18.5 Å². The van der Waals surface area contributed by atoms with E-state index in [1.54, 1.807) is 24.3 Å². The molecule has 0 unspecified atom stereocenters. The predicted octanol–water partition coefficient (Wildman–Crippen LogP) is 2.13. The molecule has 2 aromatic rings. The Bertz CT molecular complexity index is 866. The topological polar surface area (TPSA) is 97.8 Å². The van der Waals surface area contributed by atoms with Crippen molar-refractivity contribution in [3.63, 3.8) is 0 Å². The average molecular weight is 389 g/mol. The summed E-state index contributed by atoms with van der Waals surface area (Å²) in [5, 5.41) is 5.35. The van der Waals surface area contributed by atoms with Crippen molar-refractivity contribution in [1.29, 1.82) is 0 Å². The van der Waals surface area contributed by atoms with Crippen molar-refractivity contribution in [2.24, 2.45) is 0 Å². The summed E-state index contributed by atoms with van der Waals surface area (Å²) in [4.78, 5) is 41.7. The highest BCUT2D eigenvalue weighted by Gasteiger charge is 2.32. The Morgan fingerprint density at radius 2 is 2.15 bits per heavy atom. The van der Waals surface area contributed by atoms with Crippen LogP contribution < -0.4 is 10.1 Å². The van der Waals surface area contributed by atoms with Crippen molar-refractivity contribution in [2.75, 3.05) is 13.1 Å². The first-order valence-electron chi connectivity index (χ1n) is 8.38. The fourth-order valence-electron chi connectivity index (χ4n) is 2.56. The number of thiazole rings is 1. The lowest BCUT2D eigenvalue weighted by atomic mass is 10.2. The molecule has 1 aliphatic heterocycles. The smallest absolute Gasteiger partial charge is 0.342 e. The van der Waals surface area contributed by atoms with Crippen LogP contribution in [0.5, 0.6) is 5.75 Å². The first-order valence-corrected chi connectivity index (χ1v) is 9.26. The van der Waals surface area contributed by atoms with Crippen molar-refractivity contribution in [2.45, 2.75) is 26.6 Å². The number of benzene rings is 1. The van der Waals surface area contributed by atoms with Gasteiger partial charge in [-0.05, 0) is 26.0 Å². The number of carbonyl (C=O) groups is 3. The number of rotatable bonds is 6. The number of hydrogen-bond donors (Lipinski definition) is 1. The Balaban J connectivity index is 1.65. The maximum absolute atomic E-state index is 12.5. The Morgan fingerprint density at radius 1 is 1.37 bits per heavy atom. The average Bonchev–Trinajstić information content (AvgIpc) is 3.27. The molecule has 1 aromatic heterocycles. The van der Waals surface area contributed by atoms with E-state index in [0.717, 1.165) is 15.6 Å². The summed E-state index contributed by atoms with van der Waals surface area (Å²) >= 11 is 1.52. The lowest BCUT2D eigenvalue weighted by molar-refractivity contribution is -0.136. The molecule has 0 aliphatic carbocycles. The van der Waals surface area contributed by atoms with E-state index in [9.17, 15) is 14.4 Å². The monoisotopic (exact) mass is 389 g/mol. The van der Waals surface area contributed by atoms with Crippen LogP contribution in [-0.2, 0) is 16.1 Å². The van der Waals surface area contributed by atoms with Gasteiger partial charge in [0.25, 0.3) is 5.91 Å². The van der Waals surface area contributed by atoms with Gasteiger partial charge in [0.2, 0.25) is 0 Å². The van der Waals surface area contributed by atoms with Crippen molar-refractivity contribution in [3.8, 4) is 5.75 Å². The summed E-state index contributed by atoms with van der Waals surface area (Å²) in [6, 6.07) is 6.14. The number of ether oxygens (including phenoxy) is 2. The van der Waals surface area contributed by atoms with Gasteiger partial charge in [-0.2, -0.15) is 0 Å². The number of para-hydroxylation sites is 1. The number of esters is 1. The maximum atomic E-state index is 12.5. The second-order valence-electron chi connectivity index (χ2n) is 5.91. The molecule has 1 fully saturated rings. The Kier molecular flexibility index (Phi) is 5.70. The van der Waals surface area contributed by atoms with Gasteiger partial charge in [-0.25, -0.2) is 14.6 Å². The largest absolute Gasteiger partial charge is 0.486 e. The van der Waals surface area contributed by atoms with E-state index in [-0.39, 0.29) is 18.7 Å². The molecular formula is C18H19N3O5S. The number of carbonyl (C=O) groups excluding carboxylic acids is 3. The third-order valence-corrected chi connectivity index (χ3v) is 4.73. The molecule has 3 rings (SSSR count). The molecule has 0 saturated carbocycles. The summed E-state index contributed by atoms with van der Waals surface area (Å²) in [7, 11) is 0. The lowest BCUT2D eigenvalue weighted by Crippen LogP contribution is -2.41. The van der Waals surface area contributed by atoms with Gasteiger partial charge >= 0.3 is 12.0 Å². The lowest BCUT2D eigenvalue weighted by Gasteiger charge is -2.18. The van der Waals surface area contributed by atoms with E-state index in [4.69, 9.17) is 9.47 Å². The van der Waals surface area contributed by atoms with Crippen LogP contribution >= 0.6 is 11.3 Å². The Morgan fingerprint density at radius 3 is 2.81 bits per heavy atom. The van der Waals surface area contributed by atoms with Gasteiger partial charge in [-0.1, -0.05) is 12.1 Å². The molecule has 0 bridgehead atoms. The fraction of sp³-hybridized carbons (Fsp3) is 0.333. The molecule has 1 aliphatic rings. The summed E-state index contributed by atoms with van der Waals surface area (Å²) < 4.78 is 11.0. The molecule has 142 valence electrons. The third kappa shape index (κ3) is 4.43. The van der Waals surface area contributed by atoms with Gasteiger partial charge in [-0.3, -0.25) is 9.69 Å². The van der Waals surface area contributed by atoms with Crippen molar-refractivity contribution >= 4 is 29.2 Å². The van der Waals surface area contributed by atoms with E-state index >= 15 is 0 Å². The first kappa shape index (κ1) is 18.8. The Labute approximate surface area is 160 Å². The van der Waals surface area contributed by atoms with Gasteiger partial charge < -0.3 is 14.8 Å². The third-order valence-electron chi connectivity index (χ3n) is 3.90. The first-order chi connectivity index (χ1) is 13.0. The van der Waals surface area contributed by atoms with Crippen LogP contribution in [0.25, 0.3) is 0 Å². The standard InChI is InChI=1S/C18H19N3O5S/c1-11(16(22)21-8-7-19-18(21)24)26-17(23)14-5-3-4-6-15(14)25-9-13-10-27-12(2)20-13/h3-6,10-11H,7-9H2,1-2H3,(H,19,24)/t11-/m0/s1. The van der Waals surface area contributed by atoms with Crippen LogP contribution in [0.3, 0.4) is 0 Å². The predicted molar refractivity (Wildman–Crippen MR) is 97.6 cm³/mol. The molecule has 1 N–H and O–H groups in total. The molecule has 3 amide bonds. The summed E-state index contributed by atoms with van der Waals surface area (Å²) in [5.41, 5.74) is 0.972. The number of aryl methyl sites for hydroxylation is 1. The zero-order valence-corrected chi connectivity index (χ0v) is 15.7. The number of imide groups is 1. The van der Waals surface area contributed by atoms with E-state index in [1.165, 1.54) is 18.3 Å². The van der Waals surface area contributed by atoms with Crippen LogP contribution in [0.1, 0.15) is 28.0 Å². The highest BCUT2D eigenvalue weighted by molar-refractivity contribution is 7.09. The molecule has 2 heterocycles. The Hall–Kier alpha value is -2.94. The number of aromatic nitrogens is 1. The maximum Gasteiger partial charge on any atom is 0.342 e. The summed E-state index contributed by atoms with van der Waals surface area (Å²) in [5.74, 6) is -0.915. The zero-order chi connectivity index (χ0) is 19.4. The van der Waals surface area contributed by atoms with E-state index < -0.39 is 24.0 Å². The zero-order valence-electron chi connectivity index (χ0n) is 14.9. The molecule has 0 radical (unpaired) electrons. The molecular weight excluding hydrogens is 370 g/mol. The molecule has 1 saturated heterocycles. The summed E-state index contributed by atoms with van der Waals surface area (Å²) in [6.07, 6.45) is -1.09. The van der Waals surface area contributed by atoms with Crippen LogP contribution in [0.2, 0.25) is 0 Å². The van der Waals surface area contributed by atoms with Gasteiger partial charge in [0.1, 0.15) is 17.9 Å². The van der Waals surface area contributed by atoms with E-state index in [2.05, 4.69) is 10.3 Å². The van der Waals surface area contributed by atoms with Crippen LogP contribution in [0.15, 0.2) is 29.6 Å². The highest BCUT2D eigenvalue weighted by Crippen LogP contribution is 2.21. The highest BCUT2D eigenvalue weighted by atomic mass is 32.1. The minimum absolute atomic E-state index is 0.204. The fourth-order valence-corrected chi connectivity index (χ4v) is 3.16. The SMILES string of the molecule is Cc1nc(COc2ccccc2C(=O)O[C@@H](C)C(=O)N2CCNC2=O)cs1. The summed E-state index contributed by atoms with van der Waals surface area (Å²) in [6.45, 7) is 4.20. The minimum Gasteiger partial charge on any atom is -0.486 e. The minimum atomic E-state index is -1.09. The van der Waals surface area contributed by atoms with Crippen LogP contribution in [-0.4, -0.2) is 47.0 Å². The van der Waals surface area contributed by atoms with E-state index in [1.807, 2.05) is 12.3 Å². The van der Waals surface area contributed by atoms with Gasteiger partial charge in [0.15, 0.2) is 6.10 Å². The van der Waals surface area contributed by atoms with E-state index in [0.29, 0.717) is 12.3 Å². The normalized spacial score (nSPS) is 14.6. The molecule has 9 heteroatoms. The number of amides is 3. The number of urea groups is 1. The number of nitrogens with one attached hydrogen (secondary N) is 1. The molecule has 27 heavy (non-hydrogen) atoms. The van der Waals surface area contributed by atoms with Crippen molar-refractivity contribution in [1.82, 2.24) is 15.2 Å². The molecule has 0 spiro atoms. The molecule has 1 atom stereocenters. The van der Waals surface area contributed by atoms with Crippen LogP contribution in [0, 0.1) is 6.92 Å². The molecule has 8 nitrogen and oxygen atoms in total. The van der Waals surface area contributed by atoms with Crippen molar-refractivity contribution < 1.29 is 23.9 Å². The number of hydrogen-bond acceptors (Lipinski definition) is 7.